The van der Waals surface area contributed by atoms with Crippen molar-refractivity contribution in [2.45, 2.75) is 82.8 Å². The highest BCUT2D eigenvalue weighted by Gasteiger charge is 2.44. The summed E-state index contributed by atoms with van der Waals surface area (Å²) in [6.07, 6.45) is -1.05. The Morgan fingerprint density at radius 3 is 2.38 bits per heavy atom. The highest BCUT2D eigenvalue weighted by atomic mass is 32.2. The fourth-order valence-electron chi connectivity index (χ4n) is 5.84. The zero-order valence-corrected chi connectivity index (χ0v) is 31.0. The maximum Gasteiger partial charge on any atom is 0.407 e. The molecule has 2 heterocycles. The van der Waals surface area contributed by atoms with Crippen molar-refractivity contribution < 1.29 is 50.9 Å². The number of ether oxygens (including phenoxy) is 4. The summed E-state index contributed by atoms with van der Waals surface area (Å²) >= 11 is 0. The van der Waals surface area contributed by atoms with E-state index in [1.807, 2.05) is 26.0 Å². The summed E-state index contributed by atoms with van der Waals surface area (Å²) in [4.78, 5) is 13.3. The SMILES string of the molecule is CCOP(=O)(COc1ccc(CC[C@H](NC(=O)O[C@H]2CO[C@H]3OCC[C@H]32)[C@H](O)CN(C[C@@H](C)CC)S(=O)(=O)c2ccc(N)cc2)cc1)OCC. The van der Waals surface area contributed by atoms with Crippen molar-refractivity contribution in [3.05, 3.63) is 54.1 Å². The lowest BCUT2D eigenvalue weighted by Crippen LogP contribution is -2.51. The number of fused-ring (bicyclic) bond motifs is 1. The average molecular weight is 742 g/mol. The maximum atomic E-state index is 13.8. The highest BCUT2D eigenvalue weighted by molar-refractivity contribution is 7.89. The van der Waals surface area contributed by atoms with Crippen LogP contribution in [0.1, 0.15) is 52.5 Å². The van der Waals surface area contributed by atoms with Gasteiger partial charge in [0.25, 0.3) is 0 Å². The van der Waals surface area contributed by atoms with Crippen molar-refractivity contribution in [3.63, 3.8) is 0 Å². The number of carbonyl (C=O) groups is 1. The number of alkyl carbamates (subject to hydrolysis) is 1. The minimum absolute atomic E-state index is 0.00258. The zero-order chi connectivity index (χ0) is 36.3. The molecule has 0 radical (unpaired) electrons. The van der Waals surface area contributed by atoms with Crippen LogP contribution in [0.25, 0.3) is 0 Å². The number of sulfonamides is 1. The molecule has 280 valence electrons. The Labute approximate surface area is 295 Å². The molecule has 4 rings (SSSR count). The summed E-state index contributed by atoms with van der Waals surface area (Å²) in [5.74, 6) is 0.396. The van der Waals surface area contributed by atoms with Crippen molar-refractivity contribution in [2.24, 2.45) is 11.8 Å². The molecule has 2 saturated heterocycles. The Bertz CT molecular complexity index is 1500. The van der Waals surface area contributed by atoms with Gasteiger partial charge in [-0.2, -0.15) is 4.31 Å². The first-order chi connectivity index (χ1) is 23.9. The van der Waals surface area contributed by atoms with Gasteiger partial charge in [-0.3, -0.25) is 4.57 Å². The number of anilines is 1. The van der Waals surface area contributed by atoms with Gasteiger partial charge in [-0.05, 0) is 81.0 Å². The summed E-state index contributed by atoms with van der Waals surface area (Å²) in [5, 5.41) is 14.4. The van der Waals surface area contributed by atoms with Crippen LogP contribution in [-0.2, 0) is 44.3 Å². The standard InChI is InChI=1S/C34H52N3O11PS/c1-5-24(4)20-37(50(41,42)28-15-11-26(35)12-16-28)21-31(38)30(36-34(39)48-32-22-44-33-29(32)18-19-43-33)17-10-25-8-13-27(14-9-25)45-23-49(40,46-6-2)47-7-3/h8-9,11-16,24,29-33,38H,5-7,10,17-23,35H2,1-4H3,(H,36,39)/t24-,29-,30-,31+,32-,33+/m0/s1. The van der Waals surface area contributed by atoms with Crippen LogP contribution in [0.5, 0.6) is 5.75 Å². The molecule has 0 bridgehead atoms. The molecule has 0 aromatic heterocycles. The van der Waals surface area contributed by atoms with E-state index in [-0.39, 0.29) is 62.4 Å². The van der Waals surface area contributed by atoms with Crippen molar-refractivity contribution in [1.82, 2.24) is 9.62 Å². The van der Waals surface area contributed by atoms with E-state index >= 15 is 0 Å². The number of rotatable bonds is 20. The molecule has 0 unspecified atom stereocenters. The topological polar surface area (TPSA) is 185 Å². The molecular formula is C34H52N3O11PS. The van der Waals surface area contributed by atoms with Crippen LogP contribution < -0.4 is 15.8 Å². The number of amides is 1. The van der Waals surface area contributed by atoms with Gasteiger partial charge >= 0.3 is 13.7 Å². The van der Waals surface area contributed by atoms with E-state index in [0.717, 1.165) is 12.0 Å². The minimum atomic E-state index is -4.01. The van der Waals surface area contributed by atoms with Crippen molar-refractivity contribution in [1.29, 1.82) is 0 Å². The van der Waals surface area contributed by atoms with E-state index < -0.39 is 48.3 Å². The Morgan fingerprint density at radius 1 is 1.06 bits per heavy atom. The van der Waals surface area contributed by atoms with E-state index in [1.54, 1.807) is 26.0 Å². The number of aliphatic hydroxyl groups excluding tert-OH is 1. The van der Waals surface area contributed by atoms with Crippen LogP contribution in [-0.4, -0.2) is 94.3 Å². The number of hydrogen-bond acceptors (Lipinski definition) is 12. The summed E-state index contributed by atoms with van der Waals surface area (Å²) < 4.78 is 74.7. The van der Waals surface area contributed by atoms with Crippen LogP contribution in [0.3, 0.4) is 0 Å². The minimum Gasteiger partial charge on any atom is -0.481 e. The molecule has 2 aromatic carbocycles. The van der Waals surface area contributed by atoms with Crippen LogP contribution in [0.15, 0.2) is 53.4 Å². The van der Waals surface area contributed by atoms with Gasteiger partial charge < -0.3 is 44.2 Å². The third-order valence-corrected chi connectivity index (χ3v) is 12.4. The number of aryl methyl sites for hydroxylation is 1. The van der Waals surface area contributed by atoms with Crippen molar-refractivity contribution in [3.8, 4) is 5.75 Å². The highest BCUT2D eigenvalue weighted by Crippen LogP contribution is 2.47. The normalized spacial score (nSPS) is 21.0. The first-order valence-corrected chi connectivity index (χ1v) is 20.4. The number of nitrogens with one attached hydrogen (secondary N) is 1. The molecule has 0 spiro atoms. The molecule has 50 heavy (non-hydrogen) atoms. The fourth-order valence-corrected chi connectivity index (χ4v) is 8.73. The second-order valence-electron chi connectivity index (χ2n) is 12.6. The van der Waals surface area contributed by atoms with Crippen LogP contribution in [0.2, 0.25) is 0 Å². The number of aliphatic hydroxyl groups is 1. The van der Waals surface area contributed by atoms with Gasteiger partial charge in [0, 0.05) is 18.8 Å². The lowest BCUT2D eigenvalue weighted by Gasteiger charge is -2.31. The van der Waals surface area contributed by atoms with Gasteiger partial charge in [0.15, 0.2) is 12.6 Å². The molecule has 4 N–H and O–H groups in total. The fraction of sp³-hybridized carbons (Fsp3) is 0.618. The number of hydrogen-bond donors (Lipinski definition) is 3. The molecule has 14 nitrogen and oxygen atoms in total. The van der Waals surface area contributed by atoms with Gasteiger partial charge in [0.1, 0.15) is 11.9 Å². The number of nitrogens with zero attached hydrogens (tertiary/aromatic N) is 1. The quantitative estimate of drug-likeness (QED) is 0.125. The van der Waals surface area contributed by atoms with E-state index in [2.05, 4.69) is 5.32 Å². The molecule has 0 saturated carbocycles. The molecule has 16 heteroatoms. The van der Waals surface area contributed by atoms with Gasteiger partial charge in [-0.1, -0.05) is 32.4 Å². The van der Waals surface area contributed by atoms with E-state index in [9.17, 15) is 22.9 Å². The number of nitrogen functional groups attached to an aromatic ring is 1. The molecule has 2 aromatic rings. The van der Waals surface area contributed by atoms with Crippen LogP contribution in [0.4, 0.5) is 10.5 Å². The number of benzene rings is 2. The zero-order valence-electron chi connectivity index (χ0n) is 29.3. The van der Waals surface area contributed by atoms with E-state index in [1.165, 1.54) is 28.6 Å². The summed E-state index contributed by atoms with van der Waals surface area (Å²) in [6.45, 7) is 8.44. The molecule has 6 atom stereocenters. The smallest absolute Gasteiger partial charge is 0.407 e. The largest absolute Gasteiger partial charge is 0.481 e. The molecule has 2 fully saturated rings. The third-order valence-electron chi connectivity index (χ3n) is 8.84. The molecular weight excluding hydrogens is 689 g/mol. The maximum absolute atomic E-state index is 13.8. The first kappa shape index (κ1) is 40.0. The van der Waals surface area contributed by atoms with E-state index in [0.29, 0.717) is 30.9 Å². The lowest BCUT2D eigenvalue weighted by molar-refractivity contribution is -0.0907. The van der Waals surface area contributed by atoms with Gasteiger partial charge in [0.2, 0.25) is 10.0 Å². The second kappa shape index (κ2) is 18.7. The third kappa shape index (κ3) is 11.1. The first-order valence-electron chi connectivity index (χ1n) is 17.2. The van der Waals surface area contributed by atoms with Crippen LogP contribution >= 0.6 is 7.60 Å². The molecule has 2 aliphatic heterocycles. The summed E-state index contributed by atoms with van der Waals surface area (Å²) in [6, 6.07) is 12.1. The average Bonchev–Trinajstić information content (AvgIpc) is 3.71. The van der Waals surface area contributed by atoms with Gasteiger partial charge in [-0.25, -0.2) is 13.2 Å². The Morgan fingerprint density at radius 2 is 1.74 bits per heavy atom. The second-order valence-corrected chi connectivity index (χ2v) is 16.5. The van der Waals surface area contributed by atoms with Crippen molar-refractivity contribution in [2.75, 3.05) is 51.6 Å². The predicted molar refractivity (Wildman–Crippen MR) is 187 cm³/mol. The number of nitrogens with two attached hydrogens (primary N) is 1. The Balaban J connectivity index is 1.48. The van der Waals surface area contributed by atoms with Gasteiger partial charge in [0.05, 0.1) is 49.4 Å². The number of carbonyl (C=O) groups excluding carboxylic acids is 1. The lowest BCUT2D eigenvalue weighted by atomic mass is 10.0. The summed E-state index contributed by atoms with van der Waals surface area (Å²) in [5.41, 5.74) is 7.10. The molecule has 1 amide bonds. The Hall–Kier alpha value is -2.75. The van der Waals surface area contributed by atoms with Crippen LogP contribution in [0, 0.1) is 11.8 Å². The van der Waals surface area contributed by atoms with Gasteiger partial charge in [-0.15, -0.1) is 0 Å². The van der Waals surface area contributed by atoms with Crippen molar-refractivity contribution >= 4 is 29.4 Å². The predicted octanol–water partition coefficient (Wildman–Crippen LogP) is 4.76. The monoisotopic (exact) mass is 741 g/mol. The molecule has 2 aliphatic rings. The molecule has 0 aliphatic carbocycles. The summed E-state index contributed by atoms with van der Waals surface area (Å²) in [7, 11) is -7.40. The van der Waals surface area contributed by atoms with E-state index in [4.69, 9.17) is 33.7 Å². The Kier molecular flexibility index (Phi) is 14.9.